The lowest BCUT2D eigenvalue weighted by Crippen LogP contribution is -2.32. The summed E-state index contributed by atoms with van der Waals surface area (Å²) in [6, 6.07) is 17.3. The van der Waals surface area contributed by atoms with Gasteiger partial charge in [-0.15, -0.1) is 0 Å². The molecule has 0 bridgehead atoms. The van der Waals surface area contributed by atoms with Gasteiger partial charge in [-0.2, -0.15) is 0 Å². The van der Waals surface area contributed by atoms with E-state index in [0.717, 1.165) is 29.1 Å². The van der Waals surface area contributed by atoms with Gasteiger partial charge in [0.25, 0.3) is 0 Å². The van der Waals surface area contributed by atoms with Gasteiger partial charge in [0.05, 0.1) is 12.5 Å². The summed E-state index contributed by atoms with van der Waals surface area (Å²) in [5.74, 6) is 0.700. The number of imidazole rings is 1. The zero-order chi connectivity index (χ0) is 20.6. The first-order chi connectivity index (χ1) is 14.0. The summed E-state index contributed by atoms with van der Waals surface area (Å²) in [4.78, 5) is 28.3. The summed E-state index contributed by atoms with van der Waals surface area (Å²) >= 11 is 0. The number of hydrogen-bond acceptors (Lipinski definition) is 3. The first-order valence-electron chi connectivity index (χ1n) is 9.65. The highest BCUT2D eigenvalue weighted by Crippen LogP contribution is 2.16. The SMILES string of the molecule is CC(=O)N[C@@H](CC(=O)NCc1cccc(Cn2ccnc2C)c1)c1ccccc1. The third-order valence-corrected chi connectivity index (χ3v) is 4.73. The van der Waals surface area contributed by atoms with Crippen molar-refractivity contribution in [1.29, 1.82) is 0 Å². The summed E-state index contributed by atoms with van der Waals surface area (Å²) in [6.45, 7) is 4.62. The number of benzene rings is 2. The molecular formula is C23H26N4O2. The molecule has 2 aromatic carbocycles. The van der Waals surface area contributed by atoms with Gasteiger partial charge in [-0.1, -0.05) is 54.6 Å². The molecule has 6 nitrogen and oxygen atoms in total. The molecule has 0 spiro atoms. The third kappa shape index (κ3) is 6.04. The van der Waals surface area contributed by atoms with Crippen molar-refractivity contribution < 1.29 is 9.59 Å². The Morgan fingerprint density at radius 2 is 1.83 bits per heavy atom. The second kappa shape index (κ2) is 9.68. The van der Waals surface area contributed by atoms with Crippen LogP contribution in [0.15, 0.2) is 67.0 Å². The number of hydrogen-bond donors (Lipinski definition) is 2. The van der Waals surface area contributed by atoms with Crippen LogP contribution in [-0.4, -0.2) is 21.4 Å². The monoisotopic (exact) mass is 390 g/mol. The number of aromatic nitrogens is 2. The van der Waals surface area contributed by atoms with E-state index >= 15 is 0 Å². The minimum Gasteiger partial charge on any atom is -0.352 e. The van der Waals surface area contributed by atoms with Gasteiger partial charge in [0, 0.05) is 32.4 Å². The Labute approximate surface area is 171 Å². The number of carbonyl (C=O) groups is 2. The number of carbonyl (C=O) groups excluding carboxylic acids is 2. The molecule has 0 aliphatic heterocycles. The molecule has 0 aliphatic rings. The average molecular weight is 390 g/mol. The Hall–Kier alpha value is -3.41. The van der Waals surface area contributed by atoms with Crippen LogP contribution in [-0.2, 0) is 22.7 Å². The number of nitrogens with zero attached hydrogens (tertiary/aromatic N) is 2. The van der Waals surface area contributed by atoms with Crippen LogP contribution in [0.5, 0.6) is 0 Å². The molecular weight excluding hydrogens is 364 g/mol. The summed E-state index contributed by atoms with van der Waals surface area (Å²) in [6.07, 6.45) is 3.94. The smallest absolute Gasteiger partial charge is 0.222 e. The first-order valence-corrected chi connectivity index (χ1v) is 9.65. The van der Waals surface area contributed by atoms with Crippen LogP contribution in [0.4, 0.5) is 0 Å². The van der Waals surface area contributed by atoms with Crippen LogP contribution in [0.3, 0.4) is 0 Å². The molecule has 0 radical (unpaired) electrons. The predicted octanol–water partition coefficient (Wildman–Crippen LogP) is 3.12. The van der Waals surface area contributed by atoms with Crippen molar-refractivity contribution in [1.82, 2.24) is 20.2 Å². The van der Waals surface area contributed by atoms with Crippen LogP contribution in [0.25, 0.3) is 0 Å². The van der Waals surface area contributed by atoms with Crippen LogP contribution in [0, 0.1) is 6.92 Å². The Morgan fingerprint density at radius 1 is 1.07 bits per heavy atom. The van der Waals surface area contributed by atoms with Crippen molar-refractivity contribution in [2.24, 2.45) is 0 Å². The van der Waals surface area contributed by atoms with Crippen LogP contribution in [0.1, 0.15) is 41.9 Å². The van der Waals surface area contributed by atoms with E-state index in [-0.39, 0.29) is 24.3 Å². The van der Waals surface area contributed by atoms with Crippen molar-refractivity contribution in [3.63, 3.8) is 0 Å². The Morgan fingerprint density at radius 3 is 2.52 bits per heavy atom. The molecule has 1 heterocycles. The zero-order valence-corrected chi connectivity index (χ0v) is 16.8. The van der Waals surface area contributed by atoms with Gasteiger partial charge in [0.1, 0.15) is 5.82 Å². The van der Waals surface area contributed by atoms with Crippen molar-refractivity contribution in [2.45, 2.75) is 39.4 Å². The first kappa shape index (κ1) is 20.3. The van der Waals surface area contributed by atoms with Gasteiger partial charge in [0.15, 0.2) is 0 Å². The highest BCUT2D eigenvalue weighted by atomic mass is 16.2. The molecule has 1 atom stereocenters. The van der Waals surface area contributed by atoms with Gasteiger partial charge in [-0.05, 0) is 23.6 Å². The molecule has 0 fully saturated rings. The van der Waals surface area contributed by atoms with E-state index in [1.165, 1.54) is 6.92 Å². The Bertz CT molecular complexity index is 966. The fraction of sp³-hybridized carbons (Fsp3) is 0.261. The van der Waals surface area contributed by atoms with Crippen molar-refractivity contribution >= 4 is 11.8 Å². The maximum Gasteiger partial charge on any atom is 0.222 e. The Balaban J connectivity index is 1.59. The lowest BCUT2D eigenvalue weighted by atomic mass is 10.0. The number of aryl methyl sites for hydroxylation is 1. The molecule has 0 saturated heterocycles. The summed E-state index contributed by atoms with van der Waals surface area (Å²) in [5, 5.41) is 5.82. The average Bonchev–Trinajstić information content (AvgIpc) is 3.11. The maximum absolute atomic E-state index is 12.5. The van der Waals surface area contributed by atoms with E-state index in [0.29, 0.717) is 6.54 Å². The summed E-state index contributed by atoms with van der Waals surface area (Å²) in [5.41, 5.74) is 3.10. The van der Waals surface area contributed by atoms with Crippen LogP contribution >= 0.6 is 0 Å². The van der Waals surface area contributed by atoms with E-state index in [1.54, 1.807) is 6.20 Å². The maximum atomic E-state index is 12.5. The van der Waals surface area contributed by atoms with E-state index in [9.17, 15) is 9.59 Å². The van der Waals surface area contributed by atoms with Gasteiger partial charge < -0.3 is 15.2 Å². The normalized spacial score (nSPS) is 11.7. The second-order valence-electron chi connectivity index (χ2n) is 7.07. The minimum absolute atomic E-state index is 0.108. The van der Waals surface area contributed by atoms with E-state index in [2.05, 4.69) is 32.3 Å². The highest BCUT2D eigenvalue weighted by molar-refractivity contribution is 5.79. The molecule has 2 N–H and O–H groups in total. The summed E-state index contributed by atoms with van der Waals surface area (Å²) < 4.78 is 2.08. The molecule has 2 amide bonds. The number of nitrogens with one attached hydrogen (secondary N) is 2. The van der Waals surface area contributed by atoms with Gasteiger partial charge in [-0.25, -0.2) is 4.98 Å². The van der Waals surface area contributed by atoms with Crippen molar-refractivity contribution in [3.8, 4) is 0 Å². The molecule has 0 unspecified atom stereocenters. The minimum atomic E-state index is -0.343. The molecule has 3 rings (SSSR count). The van der Waals surface area contributed by atoms with Crippen LogP contribution in [0.2, 0.25) is 0 Å². The highest BCUT2D eigenvalue weighted by Gasteiger charge is 2.16. The second-order valence-corrected chi connectivity index (χ2v) is 7.07. The van der Waals surface area contributed by atoms with E-state index in [4.69, 9.17) is 0 Å². The largest absolute Gasteiger partial charge is 0.352 e. The van der Waals surface area contributed by atoms with Gasteiger partial charge in [-0.3, -0.25) is 9.59 Å². The fourth-order valence-corrected chi connectivity index (χ4v) is 3.25. The van der Waals surface area contributed by atoms with Crippen molar-refractivity contribution in [2.75, 3.05) is 0 Å². The van der Waals surface area contributed by atoms with Gasteiger partial charge in [0.2, 0.25) is 11.8 Å². The number of amides is 2. The molecule has 0 saturated carbocycles. The number of rotatable bonds is 8. The van der Waals surface area contributed by atoms with E-state index in [1.807, 2.05) is 55.6 Å². The quantitative estimate of drug-likeness (QED) is 0.620. The standard InChI is InChI=1S/C23H26N4O2/c1-17-24-11-12-27(17)16-20-8-6-7-19(13-20)15-25-23(29)14-22(26-18(2)28)21-9-4-3-5-10-21/h3-13,22H,14-16H2,1-2H3,(H,25,29)(H,26,28)/t22-/m0/s1. The molecule has 150 valence electrons. The van der Waals surface area contributed by atoms with Gasteiger partial charge >= 0.3 is 0 Å². The zero-order valence-electron chi connectivity index (χ0n) is 16.8. The lowest BCUT2D eigenvalue weighted by Gasteiger charge is -2.18. The third-order valence-electron chi connectivity index (χ3n) is 4.73. The Kier molecular flexibility index (Phi) is 6.79. The summed E-state index contributed by atoms with van der Waals surface area (Å²) in [7, 11) is 0. The lowest BCUT2D eigenvalue weighted by molar-refractivity contribution is -0.122. The molecule has 3 aromatic rings. The fourth-order valence-electron chi connectivity index (χ4n) is 3.25. The predicted molar refractivity (Wildman–Crippen MR) is 112 cm³/mol. The molecule has 29 heavy (non-hydrogen) atoms. The van der Waals surface area contributed by atoms with Crippen molar-refractivity contribution in [3.05, 3.63) is 89.5 Å². The van der Waals surface area contributed by atoms with Crippen LogP contribution < -0.4 is 10.6 Å². The van der Waals surface area contributed by atoms with E-state index < -0.39 is 0 Å². The molecule has 1 aromatic heterocycles. The molecule has 6 heteroatoms. The topological polar surface area (TPSA) is 76.0 Å². The molecule has 0 aliphatic carbocycles.